The lowest BCUT2D eigenvalue weighted by molar-refractivity contribution is 0.340. The first-order valence-corrected chi connectivity index (χ1v) is 7.70. The van der Waals surface area contributed by atoms with Crippen LogP contribution in [0.4, 0.5) is 0 Å². The second kappa shape index (κ2) is 7.08. The zero-order valence-electron chi connectivity index (χ0n) is 13.9. The molecule has 0 saturated heterocycles. The Kier molecular flexibility index (Phi) is 4.69. The van der Waals surface area contributed by atoms with E-state index in [-0.39, 0.29) is 0 Å². The van der Waals surface area contributed by atoms with Crippen LogP contribution in [0.25, 0.3) is 11.3 Å². The lowest BCUT2D eigenvalue weighted by Crippen LogP contribution is -2.07. The van der Waals surface area contributed by atoms with E-state index in [0.717, 1.165) is 22.7 Å². The van der Waals surface area contributed by atoms with Crippen molar-refractivity contribution in [2.24, 2.45) is 0 Å². The predicted octanol–water partition coefficient (Wildman–Crippen LogP) is 2.50. The Hall–Kier alpha value is -2.96. The highest BCUT2D eigenvalue weighted by Crippen LogP contribution is 2.22. The number of aromatic nitrogens is 5. The molecule has 0 unspecified atom stereocenters. The van der Waals surface area contributed by atoms with Crippen LogP contribution in [-0.2, 0) is 6.54 Å². The highest BCUT2D eigenvalue weighted by Gasteiger charge is 2.08. The summed E-state index contributed by atoms with van der Waals surface area (Å²) in [5.74, 6) is 1.99. The number of hydrogen-bond donors (Lipinski definition) is 0. The highest BCUT2D eigenvalue weighted by molar-refractivity contribution is 5.59. The smallest absolute Gasteiger partial charge is 0.216 e. The normalized spacial score (nSPS) is 10.6. The summed E-state index contributed by atoms with van der Waals surface area (Å²) in [6.07, 6.45) is 1.86. The van der Waals surface area contributed by atoms with Crippen molar-refractivity contribution in [3.8, 4) is 22.9 Å². The third kappa shape index (κ3) is 3.68. The first kappa shape index (κ1) is 15.9. The summed E-state index contributed by atoms with van der Waals surface area (Å²) in [6, 6.07) is 9.57. The number of methoxy groups -OCH3 is 1. The molecule has 2 heterocycles. The molecule has 0 N–H and O–H groups in total. The fourth-order valence-electron chi connectivity index (χ4n) is 2.34. The lowest BCUT2D eigenvalue weighted by Gasteiger charge is -2.04. The van der Waals surface area contributed by atoms with Crippen molar-refractivity contribution in [3.63, 3.8) is 0 Å². The van der Waals surface area contributed by atoms with Crippen molar-refractivity contribution >= 4 is 0 Å². The van der Waals surface area contributed by atoms with E-state index in [9.17, 15) is 0 Å². The fraction of sp³-hybridized carbons (Fsp3) is 0.294. The van der Waals surface area contributed by atoms with Crippen molar-refractivity contribution in [2.45, 2.75) is 20.4 Å². The second-order valence-corrected chi connectivity index (χ2v) is 5.23. The summed E-state index contributed by atoms with van der Waals surface area (Å²) < 4.78 is 12.4. The van der Waals surface area contributed by atoms with E-state index in [0.29, 0.717) is 24.9 Å². The predicted molar refractivity (Wildman–Crippen MR) is 89.1 cm³/mol. The van der Waals surface area contributed by atoms with Crippen molar-refractivity contribution in [2.75, 3.05) is 13.7 Å². The van der Waals surface area contributed by atoms with Gasteiger partial charge in [0.1, 0.15) is 18.0 Å². The summed E-state index contributed by atoms with van der Waals surface area (Å²) in [5, 5.41) is 8.37. The monoisotopic (exact) mass is 325 g/mol. The van der Waals surface area contributed by atoms with Gasteiger partial charge in [-0.25, -0.2) is 9.67 Å². The number of hydrogen-bond acceptors (Lipinski definition) is 6. The lowest BCUT2D eigenvalue weighted by atomic mass is 10.1. The van der Waals surface area contributed by atoms with Gasteiger partial charge in [0.15, 0.2) is 5.82 Å². The molecule has 3 rings (SSSR count). The number of benzene rings is 1. The Morgan fingerprint density at radius 1 is 1.17 bits per heavy atom. The quantitative estimate of drug-likeness (QED) is 0.693. The average molecular weight is 325 g/mol. The molecule has 7 nitrogen and oxygen atoms in total. The van der Waals surface area contributed by atoms with Gasteiger partial charge in [0, 0.05) is 17.3 Å². The molecule has 1 aromatic carbocycles. The number of aryl methyl sites for hydroxylation is 1. The van der Waals surface area contributed by atoms with Gasteiger partial charge in [-0.3, -0.25) is 0 Å². The fourth-order valence-corrected chi connectivity index (χ4v) is 2.34. The molecule has 124 valence electrons. The van der Waals surface area contributed by atoms with Crippen LogP contribution in [0.2, 0.25) is 0 Å². The van der Waals surface area contributed by atoms with Crippen molar-refractivity contribution in [3.05, 3.63) is 48.0 Å². The van der Waals surface area contributed by atoms with E-state index in [1.165, 1.54) is 0 Å². The molecular weight excluding hydrogens is 306 g/mol. The molecule has 3 aromatic rings. The molecule has 0 saturated carbocycles. The maximum Gasteiger partial charge on any atom is 0.216 e. The largest absolute Gasteiger partial charge is 0.494 e. The Labute approximate surface area is 140 Å². The summed E-state index contributed by atoms with van der Waals surface area (Å²) in [7, 11) is 1.59. The molecule has 0 aliphatic heterocycles. The van der Waals surface area contributed by atoms with Crippen LogP contribution in [0.3, 0.4) is 0 Å². The minimum absolute atomic E-state index is 0.427. The Balaban J connectivity index is 1.81. The van der Waals surface area contributed by atoms with Crippen molar-refractivity contribution in [1.82, 2.24) is 25.0 Å². The molecule has 2 aromatic heterocycles. The number of rotatable bonds is 6. The molecule has 0 aliphatic rings. The van der Waals surface area contributed by atoms with Gasteiger partial charge in [0.05, 0.1) is 19.9 Å². The van der Waals surface area contributed by atoms with E-state index < -0.39 is 0 Å². The molecular formula is C17H19N5O2. The van der Waals surface area contributed by atoms with Gasteiger partial charge >= 0.3 is 0 Å². The maximum atomic E-state index is 5.52. The van der Waals surface area contributed by atoms with Crippen molar-refractivity contribution < 1.29 is 9.47 Å². The summed E-state index contributed by atoms with van der Waals surface area (Å²) in [6.45, 7) is 4.91. The SMILES string of the molecule is CCOc1cccc(-c2cn(Cc3nc(C)cc(OC)n3)nn2)c1. The van der Waals surface area contributed by atoms with Gasteiger partial charge in [-0.15, -0.1) is 5.10 Å². The van der Waals surface area contributed by atoms with Crippen LogP contribution in [0, 0.1) is 6.92 Å². The Bertz CT molecular complexity index is 831. The molecule has 0 amide bonds. The van der Waals surface area contributed by atoms with Gasteiger partial charge in [0.2, 0.25) is 5.88 Å². The third-order valence-corrected chi connectivity index (χ3v) is 3.37. The molecule has 0 aliphatic carbocycles. The Morgan fingerprint density at radius 3 is 2.83 bits per heavy atom. The molecule has 0 bridgehead atoms. The first-order valence-electron chi connectivity index (χ1n) is 7.70. The van der Waals surface area contributed by atoms with Gasteiger partial charge in [-0.2, -0.15) is 4.98 Å². The topological polar surface area (TPSA) is 75.0 Å². The van der Waals surface area contributed by atoms with Gasteiger partial charge < -0.3 is 9.47 Å². The van der Waals surface area contributed by atoms with Crippen LogP contribution in [0.1, 0.15) is 18.4 Å². The van der Waals surface area contributed by atoms with Gasteiger partial charge in [-0.05, 0) is 26.0 Å². The molecule has 7 heteroatoms. The molecule has 24 heavy (non-hydrogen) atoms. The summed E-state index contributed by atoms with van der Waals surface area (Å²) in [5.41, 5.74) is 2.58. The number of ether oxygens (including phenoxy) is 2. The van der Waals surface area contributed by atoms with Crippen LogP contribution >= 0.6 is 0 Å². The van der Waals surface area contributed by atoms with Crippen LogP contribution in [-0.4, -0.2) is 38.7 Å². The van der Waals surface area contributed by atoms with E-state index in [1.807, 2.05) is 44.3 Å². The highest BCUT2D eigenvalue weighted by atomic mass is 16.5. The zero-order valence-corrected chi connectivity index (χ0v) is 13.9. The third-order valence-electron chi connectivity index (χ3n) is 3.37. The van der Waals surface area contributed by atoms with E-state index in [2.05, 4.69) is 20.3 Å². The molecule has 0 atom stereocenters. The molecule has 0 spiro atoms. The minimum Gasteiger partial charge on any atom is -0.494 e. The molecule has 0 fully saturated rings. The zero-order chi connectivity index (χ0) is 16.9. The summed E-state index contributed by atoms with van der Waals surface area (Å²) in [4.78, 5) is 8.72. The number of nitrogens with zero attached hydrogens (tertiary/aromatic N) is 5. The van der Waals surface area contributed by atoms with Crippen molar-refractivity contribution in [1.29, 1.82) is 0 Å². The second-order valence-electron chi connectivity index (χ2n) is 5.23. The van der Waals surface area contributed by atoms with E-state index in [4.69, 9.17) is 9.47 Å². The standard InChI is InChI=1S/C17H19N5O2/c1-4-24-14-7-5-6-13(9-14)15-10-22(21-20-15)11-16-18-12(2)8-17(19-16)23-3/h5-10H,4,11H2,1-3H3. The maximum absolute atomic E-state index is 5.52. The van der Waals surface area contributed by atoms with Gasteiger partial charge in [-0.1, -0.05) is 17.3 Å². The molecule has 0 radical (unpaired) electrons. The van der Waals surface area contributed by atoms with Gasteiger partial charge in [0.25, 0.3) is 0 Å². The van der Waals surface area contributed by atoms with Crippen LogP contribution in [0.15, 0.2) is 36.5 Å². The van der Waals surface area contributed by atoms with E-state index >= 15 is 0 Å². The first-order chi connectivity index (χ1) is 11.7. The van der Waals surface area contributed by atoms with E-state index in [1.54, 1.807) is 17.9 Å². The Morgan fingerprint density at radius 2 is 2.04 bits per heavy atom. The summed E-state index contributed by atoms with van der Waals surface area (Å²) >= 11 is 0. The van der Waals surface area contributed by atoms with Crippen LogP contribution in [0.5, 0.6) is 11.6 Å². The minimum atomic E-state index is 0.427. The average Bonchev–Trinajstić information content (AvgIpc) is 3.03. The van der Waals surface area contributed by atoms with Crippen LogP contribution < -0.4 is 9.47 Å².